The first-order valence-electron chi connectivity index (χ1n) is 9.42. The van der Waals surface area contributed by atoms with Gasteiger partial charge in [-0.25, -0.2) is 9.18 Å². The van der Waals surface area contributed by atoms with Crippen molar-refractivity contribution in [3.05, 3.63) is 52.6 Å². The number of nitrogens with one attached hydrogen (secondary N) is 1. The van der Waals surface area contributed by atoms with Crippen molar-refractivity contribution in [3.63, 3.8) is 0 Å². The standard InChI is InChI=1S/C20H27FN4O2/c1-4-9-25-15(3)18(14(2)23-25)12-22-20(26)24-10-11-27-19(13-24)16-5-7-17(21)8-6-16/h5-8,19H,4,9-13H2,1-3H3,(H,22,26)/t19-/m0/s1. The third-order valence-corrected chi connectivity index (χ3v) is 4.98. The Bertz CT molecular complexity index is 788. The molecule has 1 aliphatic rings. The molecule has 1 fully saturated rings. The van der Waals surface area contributed by atoms with Gasteiger partial charge in [-0.05, 0) is 38.0 Å². The highest BCUT2D eigenvalue weighted by Crippen LogP contribution is 2.22. The van der Waals surface area contributed by atoms with Crippen LogP contribution in [-0.4, -0.2) is 40.4 Å². The number of morpholine rings is 1. The van der Waals surface area contributed by atoms with Gasteiger partial charge in [-0.15, -0.1) is 0 Å². The second-order valence-corrected chi connectivity index (χ2v) is 6.89. The minimum absolute atomic E-state index is 0.118. The van der Waals surface area contributed by atoms with E-state index in [1.165, 1.54) is 12.1 Å². The van der Waals surface area contributed by atoms with E-state index in [0.717, 1.165) is 35.5 Å². The summed E-state index contributed by atoms with van der Waals surface area (Å²) in [5.41, 5.74) is 4.00. The number of aryl methyl sites for hydroxylation is 2. The van der Waals surface area contributed by atoms with Crippen molar-refractivity contribution in [2.45, 2.75) is 46.4 Å². The van der Waals surface area contributed by atoms with E-state index in [4.69, 9.17) is 4.74 Å². The van der Waals surface area contributed by atoms with E-state index in [-0.39, 0.29) is 18.0 Å². The fourth-order valence-corrected chi connectivity index (χ4v) is 3.41. The summed E-state index contributed by atoms with van der Waals surface area (Å²) in [6.45, 7) is 8.91. The number of ether oxygens (including phenoxy) is 1. The van der Waals surface area contributed by atoms with E-state index in [9.17, 15) is 9.18 Å². The molecule has 0 spiro atoms. The minimum Gasteiger partial charge on any atom is -0.370 e. The Morgan fingerprint density at radius 1 is 1.33 bits per heavy atom. The molecule has 1 aromatic carbocycles. The summed E-state index contributed by atoms with van der Waals surface area (Å²) in [5.74, 6) is -0.279. The molecule has 1 N–H and O–H groups in total. The number of nitrogens with zero attached hydrogens (tertiary/aromatic N) is 3. The van der Waals surface area contributed by atoms with Gasteiger partial charge in [-0.2, -0.15) is 5.10 Å². The monoisotopic (exact) mass is 374 g/mol. The molecule has 0 radical (unpaired) electrons. The SMILES string of the molecule is CCCn1nc(C)c(CNC(=O)N2CCO[C@H](c3ccc(F)cc3)C2)c1C. The maximum Gasteiger partial charge on any atom is 0.317 e. The molecule has 2 amide bonds. The van der Waals surface area contributed by atoms with Gasteiger partial charge < -0.3 is 15.0 Å². The van der Waals surface area contributed by atoms with E-state index in [1.807, 2.05) is 18.5 Å². The molecule has 1 aliphatic heterocycles. The van der Waals surface area contributed by atoms with Crippen LogP contribution in [0.1, 0.15) is 42.0 Å². The maximum atomic E-state index is 13.1. The third-order valence-electron chi connectivity index (χ3n) is 4.98. The van der Waals surface area contributed by atoms with Crippen LogP contribution in [0, 0.1) is 19.7 Å². The number of hydrogen-bond acceptors (Lipinski definition) is 3. The highest BCUT2D eigenvalue weighted by Gasteiger charge is 2.25. The number of aromatic nitrogens is 2. The van der Waals surface area contributed by atoms with Gasteiger partial charge in [0.2, 0.25) is 0 Å². The zero-order valence-electron chi connectivity index (χ0n) is 16.2. The molecule has 0 unspecified atom stereocenters. The van der Waals surface area contributed by atoms with E-state index in [2.05, 4.69) is 17.3 Å². The van der Waals surface area contributed by atoms with Crippen LogP contribution in [0.4, 0.5) is 9.18 Å². The van der Waals surface area contributed by atoms with Crippen LogP contribution in [0.25, 0.3) is 0 Å². The van der Waals surface area contributed by atoms with Crippen molar-refractivity contribution >= 4 is 6.03 Å². The lowest BCUT2D eigenvalue weighted by atomic mass is 10.1. The molecule has 0 saturated carbocycles. The molecule has 2 aromatic rings. The van der Waals surface area contributed by atoms with Crippen LogP contribution < -0.4 is 5.32 Å². The summed E-state index contributed by atoms with van der Waals surface area (Å²) >= 11 is 0. The Balaban J connectivity index is 1.60. The van der Waals surface area contributed by atoms with E-state index in [1.54, 1.807) is 17.0 Å². The van der Waals surface area contributed by atoms with Gasteiger partial charge in [0, 0.05) is 30.9 Å². The molecule has 27 heavy (non-hydrogen) atoms. The van der Waals surface area contributed by atoms with Gasteiger partial charge in [0.25, 0.3) is 0 Å². The number of carbonyl (C=O) groups excluding carboxylic acids is 1. The number of carbonyl (C=O) groups is 1. The average Bonchev–Trinajstić information content (AvgIpc) is 2.94. The normalized spacial score (nSPS) is 17.2. The van der Waals surface area contributed by atoms with Crippen molar-refractivity contribution in [1.29, 1.82) is 0 Å². The zero-order valence-corrected chi connectivity index (χ0v) is 16.2. The Morgan fingerprint density at radius 2 is 2.07 bits per heavy atom. The topological polar surface area (TPSA) is 59.4 Å². The van der Waals surface area contributed by atoms with Crippen molar-refractivity contribution in [2.75, 3.05) is 19.7 Å². The van der Waals surface area contributed by atoms with Gasteiger partial charge in [-0.3, -0.25) is 4.68 Å². The van der Waals surface area contributed by atoms with Crippen molar-refractivity contribution in [2.24, 2.45) is 0 Å². The number of urea groups is 1. The summed E-state index contributed by atoms with van der Waals surface area (Å²) in [6, 6.07) is 6.12. The van der Waals surface area contributed by atoms with Crippen molar-refractivity contribution in [3.8, 4) is 0 Å². The molecule has 3 rings (SSSR count). The van der Waals surface area contributed by atoms with E-state index >= 15 is 0 Å². The van der Waals surface area contributed by atoms with Gasteiger partial charge in [0.1, 0.15) is 11.9 Å². The predicted octanol–water partition coefficient (Wildman–Crippen LogP) is 3.33. The number of hydrogen-bond donors (Lipinski definition) is 1. The molecule has 1 atom stereocenters. The lowest BCUT2D eigenvalue weighted by Crippen LogP contribution is -2.47. The molecular formula is C20H27FN4O2. The van der Waals surface area contributed by atoms with Crippen LogP contribution in [0.15, 0.2) is 24.3 Å². The van der Waals surface area contributed by atoms with Crippen LogP contribution in [0.2, 0.25) is 0 Å². The first kappa shape index (κ1) is 19.4. The fraction of sp³-hybridized carbons (Fsp3) is 0.500. The molecule has 6 nitrogen and oxygen atoms in total. The molecule has 0 bridgehead atoms. The molecule has 7 heteroatoms. The Morgan fingerprint density at radius 3 is 2.78 bits per heavy atom. The lowest BCUT2D eigenvalue weighted by Gasteiger charge is -2.33. The summed E-state index contributed by atoms with van der Waals surface area (Å²) in [5, 5.41) is 7.56. The minimum atomic E-state index is -0.279. The number of amides is 2. The fourth-order valence-electron chi connectivity index (χ4n) is 3.41. The summed E-state index contributed by atoms with van der Waals surface area (Å²) < 4.78 is 20.9. The second kappa shape index (κ2) is 8.52. The second-order valence-electron chi connectivity index (χ2n) is 6.89. The first-order chi connectivity index (χ1) is 13.0. The Labute approximate surface area is 159 Å². The summed E-state index contributed by atoms with van der Waals surface area (Å²) in [6.07, 6.45) is 0.785. The molecule has 2 heterocycles. The maximum absolute atomic E-state index is 13.1. The number of halogens is 1. The van der Waals surface area contributed by atoms with Gasteiger partial charge in [0.05, 0.1) is 18.8 Å². The van der Waals surface area contributed by atoms with Gasteiger partial charge in [0.15, 0.2) is 0 Å². The van der Waals surface area contributed by atoms with Crippen LogP contribution >= 0.6 is 0 Å². The largest absolute Gasteiger partial charge is 0.370 e. The quantitative estimate of drug-likeness (QED) is 0.873. The molecule has 146 valence electrons. The van der Waals surface area contributed by atoms with Gasteiger partial charge in [-0.1, -0.05) is 19.1 Å². The average molecular weight is 374 g/mol. The Kier molecular flexibility index (Phi) is 6.11. The van der Waals surface area contributed by atoms with Crippen LogP contribution in [-0.2, 0) is 17.8 Å². The van der Waals surface area contributed by atoms with Gasteiger partial charge >= 0.3 is 6.03 Å². The van der Waals surface area contributed by atoms with Crippen LogP contribution in [0.5, 0.6) is 0 Å². The van der Waals surface area contributed by atoms with E-state index in [0.29, 0.717) is 26.2 Å². The number of rotatable bonds is 5. The molecule has 0 aliphatic carbocycles. The highest BCUT2D eigenvalue weighted by atomic mass is 19.1. The molecule has 1 aromatic heterocycles. The smallest absolute Gasteiger partial charge is 0.317 e. The first-order valence-corrected chi connectivity index (χ1v) is 9.42. The summed E-state index contributed by atoms with van der Waals surface area (Å²) in [4.78, 5) is 14.4. The van der Waals surface area contributed by atoms with Crippen molar-refractivity contribution < 1.29 is 13.9 Å². The van der Waals surface area contributed by atoms with Crippen LogP contribution in [0.3, 0.4) is 0 Å². The molecule has 1 saturated heterocycles. The predicted molar refractivity (Wildman–Crippen MR) is 101 cm³/mol. The highest BCUT2D eigenvalue weighted by molar-refractivity contribution is 5.74. The van der Waals surface area contributed by atoms with E-state index < -0.39 is 0 Å². The third kappa shape index (κ3) is 4.47. The number of benzene rings is 1. The summed E-state index contributed by atoms with van der Waals surface area (Å²) in [7, 11) is 0. The Hall–Kier alpha value is -2.41. The molecular weight excluding hydrogens is 347 g/mol. The lowest BCUT2D eigenvalue weighted by molar-refractivity contribution is -0.0155. The zero-order chi connectivity index (χ0) is 19.4. The van der Waals surface area contributed by atoms with Crippen molar-refractivity contribution in [1.82, 2.24) is 20.0 Å².